The Kier molecular flexibility index (Phi) is 4.47. The first kappa shape index (κ1) is 18.3. The fraction of sp³-hybridized carbons (Fsp3) is 0.0588. The van der Waals surface area contributed by atoms with Gasteiger partial charge in [-0.3, -0.25) is 14.4 Å². The molecule has 0 atom stereocenters. The van der Waals surface area contributed by atoms with Crippen LogP contribution in [0, 0.1) is 0 Å². The Morgan fingerprint density at radius 2 is 2.07 bits per heavy atom. The van der Waals surface area contributed by atoms with Gasteiger partial charge in [0.1, 0.15) is 16.7 Å². The lowest BCUT2D eigenvalue weighted by molar-refractivity contribution is 0.577. The van der Waals surface area contributed by atoms with Crippen molar-refractivity contribution in [3.05, 3.63) is 59.2 Å². The summed E-state index contributed by atoms with van der Waals surface area (Å²) in [4.78, 5) is 12.4. The third-order valence-electron chi connectivity index (χ3n) is 4.10. The molecule has 0 unspecified atom stereocenters. The zero-order valence-electron chi connectivity index (χ0n) is 14.6. The van der Waals surface area contributed by atoms with E-state index < -0.39 is 10.0 Å². The first-order valence-corrected chi connectivity index (χ1v) is 10.3. The van der Waals surface area contributed by atoms with Crippen molar-refractivity contribution >= 4 is 54.4 Å². The van der Waals surface area contributed by atoms with Gasteiger partial charge in [-0.15, -0.1) is 0 Å². The summed E-state index contributed by atoms with van der Waals surface area (Å²) < 4.78 is 29.8. The smallest absolute Gasteiger partial charge is 0.301 e. The van der Waals surface area contributed by atoms with E-state index in [0.717, 1.165) is 8.56 Å². The Balaban J connectivity index is 1.93. The molecule has 28 heavy (non-hydrogen) atoms. The third kappa shape index (κ3) is 2.88. The van der Waals surface area contributed by atoms with Gasteiger partial charge < -0.3 is 5.73 Å². The average molecular weight is 460 g/mol. The summed E-state index contributed by atoms with van der Waals surface area (Å²) in [7, 11) is -2.40. The highest BCUT2D eigenvalue weighted by Crippen LogP contribution is 2.23. The lowest BCUT2D eigenvalue weighted by Crippen LogP contribution is -2.16. The zero-order valence-corrected chi connectivity index (χ0v) is 17.0. The van der Waals surface area contributed by atoms with Crippen molar-refractivity contribution in [2.75, 3.05) is 7.05 Å². The molecule has 11 heteroatoms. The van der Waals surface area contributed by atoms with E-state index in [1.165, 1.54) is 23.0 Å². The van der Waals surface area contributed by atoms with Gasteiger partial charge in [0, 0.05) is 47.5 Å². The van der Waals surface area contributed by atoms with Gasteiger partial charge in [-0.2, -0.15) is 17.6 Å². The number of allylic oxidation sites excluding steroid dienone is 1. The van der Waals surface area contributed by atoms with Gasteiger partial charge in [-0.05, 0) is 34.1 Å². The minimum absolute atomic E-state index is 0.0103. The third-order valence-corrected chi connectivity index (χ3v) is 6.14. The SMILES string of the molecule is CN=CC(=CN)c1cnc2cnn(S(=O)(=O)c3cnc4ccc(Br)cn34)c2c1. The highest BCUT2D eigenvalue weighted by Gasteiger charge is 2.25. The molecule has 9 nitrogen and oxygen atoms in total. The molecule has 0 bridgehead atoms. The lowest BCUT2D eigenvalue weighted by Gasteiger charge is -2.07. The predicted molar refractivity (Wildman–Crippen MR) is 110 cm³/mol. The van der Waals surface area contributed by atoms with Crippen molar-refractivity contribution in [1.82, 2.24) is 23.6 Å². The fourth-order valence-electron chi connectivity index (χ4n) is 2.80. The van der Waals surface area contributed by atoms with E-state index in [4.69, 9.17) is 5.73 Å². The molecular formula is C17H14BrN7O2S. The standard InChI is InChI=1S/C17H14BrN7O2S/c1-20-6-12(5-19)11-4-15-14(21-7-11)8-23-25(15)28(26,27)17-9-22-16-3-2-13(18)10-24(16)17/h2-10H,19H2,1H3. The van der Waals surface area contributed by atoms with E-state index in [2.05, 4.69) is 36.0 Å². The van der Waals surface area contributed by atoms with Gasteiger partial charge >= 0.3 is 10.0 Å². The molecule has 0 radical (unpaired) electrons. The molecule has 0 saturated heterocycles. The summed E-state index contributed by atoms with van der Waals surface area (Å²) in [6.07, 6.45) is 8.88. The molecular weight excluding hydrogens is 446 g/mol. The Hall–Kier alpha value is -3.05. The van der Waals surface area contributed by atoms with Crippen LogP contribution in [0.2, 0.25) is 0 Å². The molecule has 4 heterocycles. The Bertz CT molecular complexity index is 1370. The maximum atomic E-state index is 13.3. The van der Waals surface area contributed by atoms with Crippen molar-refractivity contribution in [3.8, 4) is 0 Å². The molecule has 0 aliphatic carbocycles. The van der Waals surface area contributed by atoms with Crippen LogP contribution in [0.4, 0.5) is 0 Å². The number of nitrogens with zero attached hydrogens (tertiary/aromatic N) is 6. The number of imidazole rings is 1. The Labute approximate surface area is 168 Å². The van der Waals surface area contributed by atoms with Crippen molar-refractivity contribution in [2.45, 2.75) is 5.03 Å². The molecule has 0 aromatic carbocycles. The largest absolute Gasteiger partial charge is 0.404 e. The summed E-state index contributed by atoms with van der Waals surface area (Å²) in [6.45, 7) is 0. The van der Waals surface area contributed by atoms with E-state index in [1.807, 2.05) is 0 Å². The van der Waals surface area contributed by atoms with Crippen LogP contribution in [-0.4, -0.2) is 45.2 Å². The van der Waals surface area contributed by atoms with Crippen molar-refractivity contribution in [1.29, 1.82) is 0 Å². The van der Waals surface area contributed by atoms with Crippen LogP contribution in [0.25, 0.3) is 22.3 Å². The summed E-state index contributed by atoms with van der Waals surface area (Å²) in [5.74, 6) is 0. The summed E-state index contributed by atoms with van der Waals surface area (Å²) in [5, 5.41) is 4.04. The van der Waals surface area contributed by atoms with Gasteiger partial charge in [0.15, 0.2) is 5.03 Å². The number of hydrogen-bond donors (Lipinski definition) is 1. The second kappa shape index (κ2) is 6.84. The van der Waals surface area contributed by atoms with Crippen molar-refractivity contribution < 1.29 is 8.42 Å². The van der Waals surface area contributed by atoms with Crippen LogP contribution in [0.5, 0.6) is 0 Å². The Morgan fingerprint density at radius 3 is 2.82 bits per heavy atom. The maximum Gasteiger partial charge on any atom is 0.301 e. The number of rotatable bonds is 4. The fourth-order valence-corrected chi connectivity index (χ4v) is 4.47. The van der Waals surface area contributed by atoms with E-state index in [-0.39, 0.29) is 5.03 Å². The minimum Gasteiger partial charge on any atom is -0.404 e. The second-order valence-electron chi connectivity index (χ2n) is 5.80. The average Bonchev–Trinajstić information content (AvgIpc) is 3.29. The molecule has 4 rings (SSSR count). The van der Waals surface area contributed by atoms with Gasteiger partial charge in [-0.25, -0.2) is 4.98 Å². The van der Waals surface area contributed by atoms with E-state index in [9.17, 15) is 8.42 Å². The molecule has 4 aromatic rings. The van der Waals surface area contributed by atoms with Crippen LogP contribution in [0.1, 0.15) is 5.56 Å². The van der Waals surface area contributed by atoms with Crippen LogP contribution in [0.3, 0.4) is 0 Å². The second-order valence-corrected chi connectivity index (χ2v) is 8.43. The molecule has 4 aromatic heterocycles. The van der Waals surface area contributed by atoms with Crippen molar-refractivity contribution in [2.24, 2.45) is 10.7 Å². The zero-order chi connectivity index (χ0) is 19.9. The number of halogens is 1. The molecule has 0 fully saturated rings. The molecule has 0 aliphatic rings. The molecule has 0 saturated carbocycles. The molecule has 0 spiro atoms. The Morgan fingerprint density at radius 1 is 1.25 bits per heavy atom. The predicted octanol–water partition coefficient (Wildman–Crippen LogP) is 2.08. The molecule has 0 aliphatic heterocycles. The van der Waals surface area contributed by atoms with Crippen LogP contribution in [-0.2, 0) is 10.0 Å². The molecule has 0 amide bonds. The van der Waals surface area contributed by atoms with Crippen LogP contribution >= 0.6 is 15.9 Å². The summed E-state index contributed by atoms with van der Waals surface area (Å²) in [5.41, 5.74) is 8.15. The first-order valence-electron chi connectivity index (χ1n) is 8.02. The van der Waals surface area contributed by atoms with Crippen LogP contribution in [0.15, 0.2) is 63.7 Å². The van der Waals surface area contributed by atoms with Crippen molar-refractivity contribution in [3.63, 3.8) is 0 Å². The highest BCUT2D eigenvalue weighted by molar-refractivity contribution is 9.10. The summed E-state index contributed by atoms with van der Waals surface area (Å²) in [6, 6.07) is 5.16. The number of aromatic nitrogens is 5. The number of hydrogen-bond acceptors (Lipinski definition) is 7. The van der Waals surface area contributed by atoms with Crippen LogP contribution < -0.4 is 5.73 Å². The normalized spacial score (nSPS) is 13.1. The number of pyridine rings is 2. The summed E-state index contributed by atoms with van der Waals surface area (Å²) >= 11 is 3.35. The topological polar surface area (TPSA) is 121 Å². The van der Waals surface area contributed by atoms with Gasteiger partial charge in [0.25, 0.3) is 0 Å². The van der Waals surface area contributed by atoms with E-state index in [1.54, 1.807) is 43.9 Å². The van der Waals surface area contributed by atoms with Gasteiger partial charge in [0.2, 0.25) is 0 Å². The highest BCUT2D eigenvalue weighted by atomic mass is 79.9. The monoisotopic (exact) mass is 459 g/mol. The number of nitrogens with two attached hydrogens (primary N) is 1. The molecule has 2 N–H and O–H groups in total. The maximum absolute atomic E-state index is 13.3. The first-order chi connectivity index (χ1) is 13.5. The van der Waals surface area contributed by atoms with E-state index in [0.29, 0.717) is 27.8 Å². The number of fused-ring (bicyclic) bond motifs is 2. The van der Waals surface area contributed by atoms with Gasteiger partial charge in [0.05, 0.1) is 12.4 Å². The van der Waals surface area contributed by atoms with E-state index >= 15 is 0 Å². The molecule has 142 valence electrons. The lowest BCUT2D eigenvalue weighted by atomic mass is 10.1. The quantitative estimate of drug-likeness (QED) is 0.466. The number of aliphatic imine (C=N–C) groups is 1. The minimum atomic E-state index is -4.02. The van der Waals surface area contributed by atoms with Gasteiger partial charge in [-0.1, -0.05) is 0 Å².